The number of hydrogen-bond acceptors (Lipinski definition) is 2. The summed E-state index contributed by atoms with van der Waals surface area (Å²) in [6.07, 6.45) is 3.85. The summed E-state index contributed by atoms with van der Waals surface area (Å²) in [5.41, 5.74) is 3.14. The Morgan fingerprint density at radius 1 is 1.04 bits per heavy atom. The number of nitrogens with one attached hydrogen (secondary N) is 2. The van der Waals surface area contributed by atoms with Crippen LogP contribution in [0.3, 0.4) is 0 Å². The largest absolute Gasteiger partial charge is 0.352 e. The van der Waals surface area contributed by atoms with Crippen LogP contribution in [0.25, 0.3) is 5.69 Å². The summed E-state index contributed by atoms with van der Waals surface area (Å²) < 4.78 is 1.86. The molecule has 0 fully saturated rings. The molecule has 0 radical (unpaired) electrons. The van der Waals surface area contributed by atoms with Crippen molar-refractivity contribution in [3.63, 3.8) is 0 Å². The zero-order valence-electron chi connectivity index (χ0n) is 14.4. The minimum absolute atomic E-state index is 0. The first kappa shape index (κ1) is 20.3. The van der Waals surface area contributed by atoms with Crippen molar-refractivity contribution in [3.8, 4) is 5.69 Å². The number of hydrogen-bond donors (Lipinski definition) is 2. The molecule has 0 aliphatic rings. The molecule has 26 heavy (non-hydrogen) atoms. The zero-order chi connectivity index (χ0) is 17.5. The Balaban J connectivity index is 0.00000243. The van der Waals surface area contributed by atoms with Gasteiger partial charge in [-0.05, 0) is 23.8 Å². The Morgan fingerprint density at radius 3 is 2.46 bits per heavy atom. The Morgan fingerprint density at radius 2 is 1.73 bits per heavy atom. The Kier molecular flexibility index (Phi) is 7.93. The minimum Gasteiger partial charge on any atom is -0.352 e. The van der Waals surface area contributed by atoms with Crippen LogP contribution in [0.4, 0.5) is 0 Å². The first-order valence-electron chi connectivity index (χ1n) is 8.03. The maximum atomic E-state index is 6.17. The maximum absolute atomic E-state index is 6.17. The Labute approximate surface area is 175 Å². The van der Waals surface area contributed by atoms with Crippen LogP contribution in [-0.4, -0.2) is 22.8 Å². The first-order valence-corrected chi connectivity index (χ1v) is 8.41. The van der Waals surface area contributed by atoms with E-state index in [0.717, 1.165) is 21.8 Å². The van der Waals surface area contributed by atoms with Gasteiger partial charge in [0.1, 0.15) is 0 Å². The summed E-state index contributed by atoms with van der Waals surface area (Å²) in [6.45, 7) is 1.25. The second-order valence-electron chi connectivity index (χ2n) is 5.50. The van der Waals surface area contributed by atoms with Crippen LogP contribution in [0.5, 0.6) is 0 Å². The second kappa shape index (κ2) is 10.2. The van der Waals surface area contributed by atoms with Crippen molar-refractivity contribution in [2.24, 2.45) is 4.99 Å². The molecular weight excluding hydrogens is 461 g/mol. The lowest BCUT2D eigenvalue weighted by molar-refractivity contribution is 0.808. The van der Waals surface area contributed by atoms with Gasteiger partial charge in [-0.1, -0.05) is 48.0 Å². The highest BCUT2D eigenvalue weighted by atomic mass is 127. The monoisotopic (exact) mass is 481 g/mol. The fraction of sp³-hybridized carbons (Fsp3) is 0.158. The fourth-order valence-corrected chi connectivity index (χ4v) is 2.60. The molecule has 0 unspecified atom stereocenters. The van der Waals surface area contributed by atoms with Gasteiger partial charge in [-0.25, -0.2) is 4.68 Å². The third kappa shape index (κ3) is 5.47. The van der Waals surface area contributed by atoms with E-state index in [2.05, 4.69) is 20.7 Å². The number of aromatic nitrogens is 2. The number of halogens is 2. The van der Waals surface area contributed by atoms with E-state index < -0.39 is 0 Å². The number of para-hydroxylation sites is 1. The van der Waals surface area contributed by atoms with E-state index in [1.165, 1.54) is 0 Å². The molecule has 5 nitrogen and oxygen atoms in total. The van der Waals surface area contributed by atoms with Crippen molar-refractivity contribution in [2.45, 2.75) is 13.1 Å². The van der Waals surface area contributed by atoms with Crippen molar-refractivity contribution in [1.29, 1.82) is 0 Å². The summed E-state index contributed by atoms with van der Waals surface area (Å²) in [7, 11) is 1.75. The van der Waals surface area contributed by atoms with Crippen LogP contribution in [0, 0.1) is 0 Å². The molecule has 7 heteroatoms. The first-order chi connectivity index (χ1) is 12.3. The Hall–Kier alpha value is -2.06. The van der Waals surface area contributed by atoms with E-state index in [1.807, 2.05) is 71.7 Å². The molecule has 2 aromatic carbocycles. The highest BCUT2D eigenvalue weighted by Gasteiger charge is 2.04. The lowest BCUT2D eigenvalue weighted by atomic mass is 10.2. The van der Waals surface area contributed by atoms with Gasteiger partial charge < -0.3 is 10.6 Å². The lowest BCUT2D eigenvalue weighted by Gasteiger charge is -2.12. The normalized spacial score (nSPS) is 10.9. The minimum atomic E-state index is 0. The molecular formula is C19H21ClIN5. The summed E-state index contributed by atoms with van der Waals surface area (Å²) >= 11 is 6.17. The third-order valence-electron chi connectivity index (χ3n) is 3.74. The van der Waals surface area contributed by atoms with Crippen LogP contribution < -0.4 is 10.6 Å². The molecule has 0 aliphatic carbocycles. The van der Waals surface area contributed by atoms with E-state index in [4.69, 9.17) is 11.6 Å². The number of benzene rings is 2. The highest BCUT2D eigenvalue weighted by Crippen LogP contribution is 2.14. The standard InChI is InChI=1S/C19H20ClN5.HI/c1-21-19(23-13-16-7-5-6-10-18(16)20)22-11-15-12-24-25(14-15)17-8-3-2-4-9-17;/h2-10,12,14H,11,13H2,1H3,(H2,21,22,23);1H. The summed E-state index contributed by atoms with van der Waals surface area (Å²) in [4.78, 5) is 4.24. The predicted molar refractivity (Wildman–Crippen MR) is 117 cm³/mol. The van der Waals surface area contributed by atoms with E-state index in [-0.39, 0.29) is 24.0 Å². The SMILES string of the molecule is CN=C(NCc1cnn(-c2ccccc2)c1)NCc1ccccc1Cl.I. The number of guanidine groups is 1. The molecule has 2 N–H and O–H groups in total. The van der Waals surface area contributed by atoms with E-state index in [0.29, 0.717) is 19.0 Å². The van der Waals surface area contributed by atoms with Gasteiger partial charge in [-0.2, -0.15) is 5.10 Å². The number of rotatable bonds is 5. The van der Waals surface area contributed by atoms with Crippen LogP contribution in [0.1, 0.15) is 11.1 Å². The van der Waals surface area contributed by atoms with Crippen LogP contribution in [0.15, 0.2) is 72.0 Å². The van der Waals surface area contributed by atoms with E-state index in [9.17, 15) is 0 Å². The van der Waals surface area contributed by atoms with Crippen molar-refractivity contribution >= 4 is 41.5 Å². The topological polar surface area (TPSA) is 54.2 Å². The van der Waals surface area contributed by atoms with Gasteiger partial charge in [0.2, 0.25) is 0 Å². The second-order valence-corrected chi connectivity index (χ2v) is 5.91. The average Bonchev–Trinajstić information content (AvgIpc) is 3.13. The van der Waals surface area contributed by atoms with Crippen LogP contribution in [0.2, 0.25) is 5.02 Å². The molecule has 1 heterocycles. The quantitative estimate of drug-likeness (QED) is 0.329. The van der Waals surface area contributed by atoms with Gasteiger partial charge in [0.15, 0.2) is 5.96 Å². The average molecular weight is 482 g/mol. The fourth-order valence-electron chi connectivity index (χ4n) is 2.40. The molecule has 0 saturated heterocycles. The molecule has 0 bridgehead atoms. The van der Waals surface area contributed by atoms with Gasteiger partial charge in [-0.15, -0.1) is 24.0 Å². The molecule has 0 amide bonds. The van der Waals surface area contributed by atoms with Gasteiger partial charge in [-0.3, -0.25) is 4.99 Å². The molecule has 3 rings (SSSR count). The molecule has 0 saturated carbocycles. The lowest BCUT2D eigenvalue weighted by Crippen LogP contribution is -2.36. The van der Waals surface area contributed by atoms with E-state index in [1.54, 1.807) is 7.05 Å². The molecule has 0 spiro atoms. The summed E-state index contributed by atoms with van der Waals surface area (Å²) in [5.74, 6) is 0.715. The van der Waals surface area contributed by atoms with E-state index >= 15 is 0 Å². The Bertz CT molecular complexity index is 848. The maximum Gasteiger partial charge on any atom is 0.191 e. The molecule has 1 aromatic heterocycles. The van der Waals surface area contributed by atoms with Gasteiger partial charge in [0.25, 0.3) is 0 Å². The van der Waals surface area contributed by atoms with Crippen LogP contribution >= 0.6 is 35.6 Å². The van der Waals surface area contributed by atoms with Crippen molar-refractivity contribution in [1.82, 2.24) is 20.4 Å². The van der Waals surface area contributed by atoms with Crippen molar-refractivity contribution in [3.05, 3.63) is 83.1 Å². The van der Waals surface area contributed by atoms with Crippen LogP contribution in [-0.2, 0) is 13.1 Å². The van der Waals surface area contributed by atoms with Gasteiger partial charge in [0.05, 0.1) is 11.9 Å². The van der Waals surface area contributed by atoms with Crippen molar-refractivity contribution in [2.75, 3.05) is 7.05 Å². The molecule has 0 atom stereocenters. The third-order valence-corrected chi connectivity index (χ3v) is 4.11. The molecule has 3 aromatic rings. The highest BCUT2D eigenvalue weighted by molar-refractivity contribution is 14.0. The number of nitrogens with zero attached hydrogens (tertiary/aromatic N) is 3. The molecule has 136 valence electrons. The molecule has 0 aliphatic heterocycles. The summed E-state index contributed by atoms with van der Waals surface area (Å²) in [5, 5.41) is 11.7. The zero-order valence-corrected chi connectivity index (χ0v) is 17.5. The smallest absolute Gasteiger partial charge is 0.191 e. The number of aliphatic imine (C=N–C) groups is 1. The van der Waals surface area contributed by atoms with Gasteiger partial charge in [0, 0.05) is 36.9 Å². The predicted octanol–water partition coefficient (Wildman–Crippen LogP) is 4.01. The van der Waals surface area contributed by atoms with Crippen molar-refractivity contribution < 1.29 is 0 Å². The van der Waals surface area contributed by atoms with Gasteiger partial charge >= 0.3 is 0 Å². The summed E-state index contributed by atoms with van der Waals surface area (Å²) in [6, 6.07) is 17.8.